The Morgan fingerprint density at radius 1 is 1.06 bits per heavy atom. The molecule has 31 heavy (non-hydrogen) atoms. The van der Waals surface area contributed by atoms with E-state index in [0.717, 1.165) is 5.56 Å². The van der Waals surface area contributed by atoms with Crippen molar-refractivity contribution in [3.8, 4) is 22.9 Å². The summed E-state index contributed by atoms with van der Waals surface area (Å²) in [6.07, 6.45) is 0. The maximum Gasteiger partial charge on any atom is 0.268 e. The highest BCUT2D eigenvalue weighted by molar-refractivity contribution is 6.13. The maximum absolute atomic E-state index is 13.6. The van der Waals surface area contributed by atoms with Crippen LogP contribution in [0.25, 0.3) is 27.8 Å². The lowest BCUT2D eigenvalue weighted by Gasteiger charge is -2.19. The Morgan fingerprint density at radius 2 is 1.71 bits per heavy atom. The van der Waals surface area contributed by atoms with E-state index in [4.69, 9.17) is 11.5 Å². The molecule has 0 unspecified atom stereocenters. The largest absolute Gasteiger partial charge is 0.397 e. The minimum atomic E-state index is -0.529. The van der Waals surface area contributed by atoms with Gasteiger partial charge in [0.15, 0.2) is 11.4 Å². The third-order valence-corrected chi connectivity index (χ3v) is 5.19. The predicted molar refractivity (Wildman–Crippen MR) is 121 cm³/mol. The zero-order valence-electron chi connectivity index (χ0n) is 17.0. The normalized spacial score (nSPS) is 10.7. The molecule has 152 valence electrons. The smallest absolute Gasteiger partial charge is 0.268 e. The Morgan fingerprint density at radius 3 is 2.29 bits per heavy atom. The minimum absolute atomic E-state index is 0.00767. The third-order valence-electron chi connectivity index (χ3n) is 5.19. The SMILES string of the molecule is CC(=O)c1c(-c2ccccc2)c2c(N)c(C#N)c(N)nc2n(-c2ccc(C)cc2)c1=O. The zero-order chi connectivity index (χ0) is 22.3. The number of hydrogen-bond donors (Lipinski definition) is 2. The van der Waals surface area contributed by atoms with Crippen LogP contribution in [0.4, 0.5) is 11.5 Å². The molecule has 0 saturated carbocycles. The van der Waals surface area contributed by atoms with Crippen LogP contribution in [-0.4, -0.2) is 15.3 Å². The molecular weight excluding hydrogens is 390 g/mol. The number of carbonyl (C=O) groups is 1. The molecule has 0 atom stereocenters. The molecule has 4 aromatic rings. The van der Waals surface area contributed by atoms with Crippen LogP contribution in [0.5, 0.6) is 0 Å². The molecule has 2 heterocycles. The molecule has 0 bridgehead atoms. The molecule has 0 radical (unpaired) electrons. The Hall–Kier alpha value is -4.44. The summed E-state index contributed by atoms with van der Waals surface area (Å²) in [6.45, 7) is 3.26. The molecule has 4 N–H and O–H groups in total. The summed E-state index contributed by atoms with van der Waals surface area (Å²) in [5, 5.41) is 9.92. The number of nitriles is 1. The van der Waals surface area contributed by atoms with Gasteiger partial charge in [-0.3, -0.25) is 14.2 Å². The Kier molecular flexibility index (Phi) is 4.76. The minimum Gasteiger partial charge on any atom is -0.397 e. The number of ketones is 1. The van der Waals surface area contributed by atoms with Crippen LogP contribution in [0, 0.1) is 18.3 Å². The number of anilines is 2. The molecule has 0 amide bonds. The lowest BCUT2D eigenvalue weighted by molar-refractivity contribution is 0.101. The van der Waals surface area contributed by atoms with Crippen molar-refractivity contribution in [3.05, 3.63) is 81.6 Å². The maximum atomic E-state index is 13.6. The Labute approximate surface area is 178 Å². The van der Waals surface area contributed by atoms with Crippen LogP contribution in [0.1, 0.15) is 28.4 Å². The quantitative estimate of drug-likeness (QED) is 0.498. The van der Waals surface area contributed by atoms with E-state index in [0.29, 0.717) is 22.2 Å². The predicted octanol–water partition coefficient (Wildman–Crippen LogP) is 3.60. The van der Waals surface area contributed by atoms with Crippen molar-refractivity contribution in [2.24, 2.45) is 0 Å². The number of nitrogens with zero attached hydrogens (tertiary/aromatic N) is 3. The van der Waals surface area contributed by atoms with Crippen molar-refractivity contribution in [2.45, 2.75) is 13.8 Å². The molecule has 4 rings (SSSR count). The van der Waals surface area contributed by atoms with Gasteiger partial charge in [-0.2, -0.15) is 5.26 Å². The third kappa shape index (κ3) is 3.11. The highest BCUT2D eigenvalue weighted by Crippen LogP contribution is 2.37. The lowest BCUT2D eigenvalue weighted by atomic mass is 9.93. The van der Waals surface area contributed by atoms with Gasteiger partial charge in [0, 0.05) is 5.56 Å². The first-order valence-electron chi connectivity index (χ1n) is 9.56. The van der Waals surface area contributed by atoms with Gasteiger partial charge in [0.2, 0.25) is 0 Å². The second-order valence-electron chi connectivity index (χ2n) is 7.24. The molecule has 0 fully saturated rings. The average Bonchev–Trinajstić information content (AvgIpc) is 2.74. The van der Waals surface area contributed by atoms with Gasteiger partial charge in [0.05, 0.1) is 22.3 Å². The fourth-order valence-corrected chi connectivity index (χ4v) is 3.73. The van der Waals surface area contributed by atoms with Gasteiger partial charge in [-0.15, -0.1) is 0 Å². The second-order valence-corrected chi connectivity index (χ2v) is 7.24. The number of aryl methyl sites for hydroxylation is 1. The number of rotatable bonds is 3. The van der Waals surface area contributed by atoms with Crippen molar-refractivity contribution in [3.63, 3.8) is 0 Å². The first kappa shape index (κ1) is 19.9. The van der Waals surface area contributed by atoms with E-state index in [9.17, 15) is 14.9 Å². The van der Waals surface area contributed by atoms with E-state index in [1.54, 1.807) is 36.4 Å². The van der Waals surface area contributed by atoms with Crippen molar-refractivity contribution in [2.75, 3.05) is 11.5 Å². The number of nitrogen functional groups attached to an aromatic ring is 2. The van der Waals surface area contributed by atoms with Gasteiger partial charge < -0.3 is 11.5 Å². The van der Waals surface area contributed by atoms with Crippen LogP contribution >= 0.6 is 0 Å². The molecule has 2 aromatic carbocycles. The fourth-order valence-electron chi connectivity index (χ4n) is 3.73. The van der Waals surface area contributed by atoms with Crippen molar-refractivity contribution < 1.29 is 4.79 Å². The Balaban J connectivity index is 2.33. The van der Waals surface area contributed by atoms with Crippen molar-refractivity contribution >= 4 is 28.3 Å². The number of aromatic nitrogens is 2. The standard InChI is InChI=1S/C24H19N5O2/c1-13-8-10-16(11-9-13)29-23-20(21(26)17(12-25)22(27)28-23)19(15-6-4-3-5-7-15)18(14(2)30)24(29)31/h3-11H,1-2H3,(H4,26,27,28). The summed E-state index contributed by atoms with van der Waals surface area (Å²) in [4.78, 5) is 30.7. The molecule has 2 aromatic heterocycles. The van der Waals surface area contributed by atoms with Gasteiger partial charge in [0.25, 0.3) is 5.56 Å². The van der Waals surface area contributed by atoms with Crippen molar-refractivity contribution in [1.82, 2.24) is 9.55 Å². The summed E-state index contributed by atoms with van der Waals surface area (Å²) >= 11 is 0. The molecule has 7 nitrogen and oxygen atoms in total. The molecule has 0 aliphatic carbocycles. The monoisotopic (exact) mass is 409 g/mol. The number of pyridine rings is 2. The molecule has 0 spiro atoms. The first-order chi connectivity index (χ1) is 14.8. The summed E-state index contributed by atoms with van der Waals surface area (Å²) in [7, 11) is 0. The van der Waals surface area contributed by atoms with Crippen LogP contribution in [0.2, 0.25) is 0 Å². The second kappa shape index (κ2) is 7.43. The van der Waals surface area contributed by atoms with E-state index in [1.165, 1.54) is 11.5 Å². The van der Waals surface area contributed by atoms with Crippen LogP contribution in [-0.2, 0) is 0 Å². The number of nitrogens with two attached hydrogens (primary N) is 2. The average molecular weight is 409 g/mol. The summed E-state index contributed by atoms with van der Waals surface area (Å²) < 4.78 is 1.33. The van der Waals surface area contributed by atoms with E-state index >= 15 is 0 Å². The number of benzene rings is 2. The van der Waals surface area contributed by atoms with Gasteiger partial charge in [-0.05, 0) is 31.5 Å². The van der Waals surface area contributed by atoms with Crippen molar-refractivity contribution in [1.29, 1.82) is 5.26 Å². The highest BCUT2D eigenvalue weighted by atomic mass is 16.1. The molecule has 0 aliphatic rings. The number of fused-ring (bicyclic) bond motifs is 1. The molecule has 7 heteroatoms. The van der Waals surface area contributed by atoms with E-state index < -0.39 is 11.3 Å². The number of Topliss-reactive ketones (excluding diaryl/α,β-unsaturated/α-hetero) is 1. The number of carbonyl (C=O) groups excluding carboxylic acids is 1. The summed E-state index contributed by atoms with van der Waals surface area (Å²) in [6, 6.07) is 18.2. The first-order valence-corrected chi connectivity index (χ1v) is 9.56. The van der Waals surface area contributed by atoms with Gasteiger partial charge in [-0.25, -0.2) is 4.98 Å². The van der Waals surface area contributed by atoms with E-state index in [1.807, 2.05) is 31.2 Å². The number of hydrogen-bond acceptors (Lipinski definition) is 6. The topological polar surface area (TPSA) is 128 Å². The van der Waals surface area contributed by atoms with Gasteiger partial charge in [0.1, 0.15) is 17.5 Å². The van der Waals surface area contributed by atoms with Gasteiger partial charge >= 0.3 is 0 Å². The molecule has 0 saturated heterocycles. The Bertz CT molecular complexity index is 1450. The molecule has 0 aliphatic heterocycles. The highest BCUT2D eigenvalue weighted by Gasteiger charge is 2.26. The summed E-state index contributed by atoms with van der Waals surface area (Å²) in [5.41, 5.74) is 14.6. The lowest BCUT2D eigenvalue weighted by Crippen LogP contribution is -2.27. The van der Waals surface area contributed by atoms with Crippen LogP contribution in [0.15, 0.2) is 59.4 Å². The van der Waals surface area contributed by atoms with Crippen LogP contribution in [0.3, 0.4) is 0 Å². The fraction of sp³-hybridized carbons (Fsp3) is 0.0833. The summed E-state index contributed by atoms with van der Waals surface area (Å²) in [5.74, 6) is -0.497. The van der Waals surface area contributed by atoms with Gasteiger partial charge in [-0.1, -0.05) is 48.0 Å². The van der Waals surface area contributed by atoms with Crippen LogP contribution < -0.4 is 17.0 Å². The molecular formula is C24H19N5O2. The zero-order valence-corrected chi connectivity index (χ0v) is 17.0. The van der Waals surface area contributed by atoms with E-state index in [-0.39, 0.29) is 28.3 Å². The van der Waals surface area contributed by atoms with E-state index in [2.05, 4.69) is 4.98 Å².